The Morgan fingerprint density at radius 1 is 0.875 bits per heavy atom. The number of pyridine rings is 1. The van der Waals surface area contributed by atoms with Crippen molar-refractivity contribution < 1.29 is 0 Å². The van der Waals surface area contributed by atoms with Gasteiger partial charge in [-0.3, -0.25) is 4.98 Å². The molecule has 0 unspecified atom stereocenters. The molecule has 0 saturated carbocycles. The Bertz CT molecular complexity index is 1220. The molecule has 2 aromatic heterocycles. The van der Waals surface area contributed by atoms with Gasteiger partial charge < -0.3 is 14.8 Å². The molecule has 1 aliphatic heterocycles. The van der Waals surface area contributed by atoms with E-state index in [0.717, 1.165) is 23.5 Å². The van der Waals surface area contributed by atoms with Gasteiger partial charge >= 0.3 is 0 Å². The highest BCUT2D eigenvalue weighted by Crippen LogP contribution is 2.42. The van der Waals surface area contributed by atoms with Crippen molar-refractivity contribution in [2.24, 2.45) is 0 Å². The average molecular weight is 439 g/mol. The molecule has 0 bridgehead atoms. The van der Waals surface area contributed by atoms with Crippen LogP contribution < -0.4 is 10.2 Å². The summed E-state index contributed by atoms with van der Waals surface area (Å²) in [6.45, 7) is 4.32. The number of nitrogens with one attached hydrogen (secondary N) is 1. The maximum Gasteiger partial charge on any atom is 0.174 e. The maximum atomic E-state index is 5.88. The molecule has 2 aromatic carbocycles. The molecule has 32 heavy (non-hydrogen) atoms. The number of aromatic nitrogens is 2. The minimum Gasteiger partial charge on any atom is -0.351 e. The molecule has 160 valence electrons. The fourth-order valence-electron chi connectivity index (χ4n) is 4.54. The van der Waals surface area contributed by atoms with E-state index in [1.54, 1.807) is 0 Å². The number of benzene rings is 2. The largest absolute Gasteiger partial charge is 0.351 e. The van der Waals surface area contributed by atoms with Crippen molar-refractivity contribution in [3.8, 4) is 5.69 Å². The van der Waals surface area contributed by atoms with Crippen molar-refractivity contribution in [1.82, 2.24) is 14.9 Å². The Hall–Kier alpha value is -3.44. The highest BCUT2D eigenvalue weighted by molar-refractivity contribution is 7.80. The van der Waals surface area contributed by atoms with Crippen LogP contribution in [0.15, 0.2) is 91.1 Å². The Morgan fingerprint density at radius 3 is 2.31 bits per heavy atom. The number of thiocarbonyl (C=S) groups is 1. The second-order valence-electron chi connectivity index (χ2n) is 8.09. The summed E-state index contributed by atoms with van der Waals surface area (Å²) in [4.78, 5) is 6.92. The van der Waals surface area contributed by atoms with E-state index in [9.17, 15) is 0 Å². The molecule has 3 heterocycles. The summed E-state index contributed by atoms with van der Waals surface area (Å²) in [5.41, 5.74) is 6.88. The highest BCUT2D eigenvalue weighted by atomic mass is 32.1. The summed E-state index contributed by atoms with van der Waals surface area (Å²) in [5, 5.41) is 4.28. The van der Waals surface area contributed by atoms with Gasteiger partial charge in [-0.15, -0.1) is 0 Å². The van der Waals surface area contributed by atoms with Gasteiger partial charge in [0.05, 0.1) is 11.7 Å². The van der Waals surface area contributed by atoms with E-state index in [1.165, 1.54) is 17.0 Å². The molecule has 0 amide bonds. The molecule has 1 N–H and O–H groups in total. The molecule has 4 aromatic rings. The summed E-state index contributed by atoms with van der Waals surface area (Å²) in [6.07, 6.45) is 2.86. The normalized spacial score (nSPS) is 18.1. The third kappa shape index (κ3) is 3.59. The van der Waals surface area contributed by atoms with Crippen LogP contribution in [0.5, 0.6) is 0 Å². The lowest BCUT2D eigenvalue weighted by molar-refractivity contribution is 0.548. The van der Waals surface area contributed by atoms with E-state index in [1.807, 2.05) is 24.4 Å². The van der Waals surface area contributed by atoms with Crippen LogP contribution in [0, 0.1) is 6.92 Å². The van der Waals surface area contributed by atoms with Gasteiger partial charge in [0.2, 0.25) is 0 Å². The van der Waals surface area contributed by atoms with Crippen LogP contribution in [-0.4, -0.2) is 14.7 Å². The third-order valence-corrected chi connectivity index (χ3v) is 6.46. The zero-order valence-corrected chi connectivity index (χ0v) is 19.1. The van der Waals surface area contributed by atoms with Gasteiger partial charge in [-0.2, -0.15) is 0 Å². The van der Waals surface area contributed by atoms with Gasteiger partial charge in [-0.05, 0) is 79.7 Å². The van der Waals surface area contributed by atoms with E-state index in [2.05, 4.69) is 100 Å². The second kappa shape index (κ2) is 8.60. The standard InChI is InChI=1S/C27H26N4S/c1-3-20-13-15-22(16-14-20)31-26(25(29-27(31)32)23-11-7-8-18-28-23)24-17-12-19(2)30(24)21-9-5-4-6-10-21/h4-18,25-26H,3H2,1-2H3,(H,29,32)/t25-,26+/m0/s1. The van der Waals surface area contributed by atoms with Crippen molar-refractivity contribution in [2.75, 3.05) is 4.90 Å². The van der Waals surface area contributed by atoms with Crippen molar-refractivity contribution >= 4 is 23.0 Å². The van der Waals surface area contributed by atoms with Crippen LogP contribution in [0.4, 0.5) is 5.69 Å². The molecule has 5 rings (SSSR count). The van der Waals surface area contributed by atoms with Gasteiger partial charge in [0, 0.05) is 29.0 Å². The molecule has 2 atom stereocenters. The number of hydrogen-bond acceptors (Lipinski definition) is 2. The van der Waals surface area contributed by atoms with Gasteiger partial charge in [0.25, 0.3) is 0 Å². The molecular weight excluding hydrogens is 412 g/mol. The van der Waals surface area contributed by atoms with Crippen molar-refractivity contribution in [2.45, 2.75) is 32.4 Å². The van der Waals surface area contributed by atoms with Crippen molar-refractivity contribution in [3.05, 3.63) is 114 Å². The quantitative estimate of drug-likeness (QED) is 0.392. The average Bonchev–Trinajstić information content (AvgIpc) is 3.39. The zero-order valence-electron chi connectivity index (χ0n) is 18.3. The number of anilines is 1. The Labute approximate surface area is 194 Å². The molecule has 1 aliphatic rings. The van der Waals surface area contributed by atoms with Gasteiger partial charge in [0.1, 0.15) is 6.04 Å². The third-order valence-electron chi connectivity index (χ3n) is 6.14. The summed E-state index contributed by atoms with van der Waals surface area (Å²) < 4.78 is 2.32. The van der Waals surface area contributed by atoms with Crippen LogP contribution in [0.25, 0.3) is 5.69 Å². The van der Waals surface area contributed by atoms with E-state index < -0.39 is 0 Å². The lowest BCUT2D eigenvalue weighted by Gasteiger charge is -2.29. The van der Waals surface area contributed by atoms with E-state index in [0.29, 0.717) is 5.11 Å². The molecule has 4 nitrogen and oxygen atoms in total. The second-order valence-corrected chi connectivity index (χ2v) is 8.47. The summed E-state index contributed by atoms with van der Waals surface area (Å²) in [7, 11) is 0. The molecule has 5 heteroatoms. The summed E-state index contributed by atoms with van der Waals surface area (Å²) in [5.74, 6) is 0. The topological polar surface area (TPSA) is 33.1 Å². The van der Waals surface area contributed by atoms with Gasteiger partial charge in [-0.1, -0.05) is 43.3 Å². The van der Waals surface area contributed by atoms with Crippen LogP contribution in [0.2, 0.25) is 0 Å². The SMILES string of the molecule is CCc1ccc(N2C(=S)N[C@@H](c3ccccn3)[C@H]2c2ccc(C)n2-c2ccccc2)cc1. The number of aryl methyl sites for hydroxylation is 2. The van der Waals surface area contributed by atoms with Crippen molar-refractivity contribution in [1.29, 1.82) is 0 Å². The number of rotatable bonds is 5. The molecule has 1 saturated heterocycles. The Kier molecular flexibility index (Phi) is 5.50. The monoisotopic (exact) mass is 438 g/mol. The lowest BCUT2D eigenvalue weighted by atomic mass is 10.0. The molecule has 1 fully saturated rings. The highest BCUT2D eigenvalue weighted by Gasteiger charge is 2.42. The minimum atomic E-state index is -0.0636. The summed E-state index contributed by atoms with van der Waals surface area (Å²) in [6, 6.07) is 29.5. The molecule has 0 radical (unpaired) electrons. The smallest absolute Gasteiger partial charge is 0.174 e. The van der Waals surface area contributed by atoms with Crippen LogP contribution in [0.3, 0.4) is 0 Å². The zero-order chi connectivity index (χ0) is 22.1. The van der Waals surface area contributed by atoms with E-state index in [4.69, 9.17) is 12.2 Å². The minimum absolute atomic E-state index is 0.0428. The fraction of sp³-hybridized carbons (Fsp3) is 0.185. The van der Waals surface area contributed by atoms with Crippen LogP contribution >= 0.6 is 12.2 Å². The molecule has 0 spiro atoms. The first kappa shape index (κ1) is 20.5. The van der Waals surface area contributed by atoms with Gasteiger partial charge in [0.15, 0.2) is 5.11 Å². The fourth-order valence-corrected chi connectivity index (χ4v) is 4.89. The van der Waals surface area contributed by atoms with E-state index in [-0.39, 0.29) is 12.1 Å². The first-order valence-electron chi connectivity index (χ1n) is 11.0. The summed E-state index contributed by atoms with van der Waals surface area (Å²) >= 11 is 5.88. The molecular formula is C27H26N4S. The van der Waals surface area contributed by atoms with Crippen LogP contribution in [-0.2, 0) is 6.42 Å². The predicted octanol–water partition coefficient (Wildman–Crippen LogP) is 5.92. The lowest BCUT2D eigenvalue weighted by Crippen LogP contribution is -2.30. The first-order valence-corrected chi connectivity index (χ1v) is 11.4. The molecule has 0 aliphatic carbocycles. The first-order chi connectivity index (χ1) is 15.7. The number of nitrogens with zero attached hydrogens (tertiary/aromatic N) is 3. The van der Waals surface area contributed by atoms with Crippen molar-refractivity contribution in [3.63, 3.8) is 0 Å². The van der Waals surface area contributed by atoms with Gasteiger partial charge in [-0.25, -0.2) is 0 Å². The Morgan fingerprint density at radius 2 is 1.62 bits per heavy atom. The van der Waals surface area contributed by atoms with E-state index >= 15 is 0 Å². The predicted molar refractivity (Wildman–Crippen MR) is 134 cm³/mol. The Balaban J connectivity index is 1.68. The number of hydrogen-bond donors (Lipinski definition) is 1. The maximum absolute atomic E-state index is 5.88. The number of para-hydroxylation sites is 1. The van der Waals surface area contributed by atoms with Crippen LogP contribution in [0.1, 0.15) is 41.7 Å².